The van der Waals surface area contributed by atoms with E-state index in [0.717, 1.165) is 36.6 Å². The molecule has 1 aromatic carbocycles. The molecule has 0 bridgehead atoms. The largest absolute Gasteiger partial charge is 0.371 e. The zero-order valence-electron chi connectivity index (χ0n) is 16.7. The van der Waals surface area contributed by atoms with Gasteiger partial charge in [-0.3, -0.25) is 4.68 Å². The number of aryl methyl sites for hydroxylation is 1. The quantitative estimate of drug-likeness (QED) is 0.814. The van der Waals surface area contributed by atoms with Crippen LogP contribution in [0.4, 0.5) is 16.2 Å². The molecule has 2 heterocycles. The summed E-state index contributed by atoms with van der Waals surface area (Å²) in [5.41, 5.74) is 3.16. The average Bonchev–Trinajstić information content (AvgIpc) is 3.27. The standard InChI is InChI=1S/C20H30N6O/c1-14(2)12-17(19-21-13-22-25(19)4)24-20(27)23-16-8-7-9-18(15(16)3)26-10-5-6-11-26/h7-9,13-14,17H,5-6,10-12H2,1-4H3,(H2,23,24,27)/t17-/m1/s1. The number of nitrogens with one attached hydrogen (secondary N) is 2. The Morgan fingerprint density at radius 2 is 2.00 bits per heavy atom. The van der Waals surface area contributed by atoms with E-state index in [0.29, 0.717) is 5.92 Å². The first-order valence-corrected chi connectivity index (χ1v) is 9.71. The van der Waals surface area contributed by atoms with E-state index in [4.69, 9.17) is 0 Å². The second-order valence-corrected chi connectivity index (χ2v) is 7.67. The lowest BCUT2D eigenvalue weighted by molar-refractivity contribution is 0.245. The Bertz CT molecular complexity index is 779. The van der Waals surface area contributed by atoms with Crippen LogP contribution in [-0.4, -0.2) is 33.9 Å². The highest BCUT2D eigenvalue weighted by atomic mass is 16.2. The van der Waals surface area contributed by atoms with Gasteiger partial charge in [-0.2, -0.15) is 5.10 Å². The third-order valence-electron chi connectivity index (χ3n) is 5.07. The van der Waals surface area contributed by atoms with Crippen LogP contribution in [0.15, 0.2) is 24.5 Å². The molecular formula is C20H30N6O. The average molecular weight is 371 g/mol. The van der Waals surface area contributed by atoms with Gasteiger partial charge in [0.15, 0.2) is 0 Å². The van der Waals surface area contributed by atoms with E-state index >= 15 is 0 Å². The minimum absolute atomic E-state index is 0.181. The molecular weight excluding hydrogens is 340 g/mol. The Labute approximate surface area is 161 Å². The van der Waals surface area contributed by atoms with E-state index < -0.39 is 0 Å². The second-order valence-electron chi connectivity index (χ2n) is 7.67. The maximum atomic E-state index is 12.7. The Kier molecular flexibility index (Phi) is 5.98. The number of carbonyl (C=O) groups excluding carboxylic acids is 1. The first kappa shape index (κ1) is 19.2. The SMILES string of the molecule is Cc1c(NC(=O)N[C@H](CC(C)C)c2ncnn2C)cccc1N1CCCC1. The topological polar surface area (TPSA) is 75.1 Å². The highest BCUT2D eigenvalue weighted by Gasteiger charge is 2.21. The van der Waals surface area contributed by atoms with Crippen LogP contribution in [-0.2, 0) is 7.05 Å². The Morgan fingerprint density at radius 1 is 1.26 bits per heavy atom. The summed E-state index contributed by atoms with van der Waals surface area (Å²) in [7, 11) is 1.85. The fraction of sp³-hybridized carbons (Fsp3) is 0.550. The third kappa shape index (κ3) is 4.59. The van der Waals surface area contributed by atoms with E-state index in [9.17, 15) is 4.79 Å². The van der Waals surface area contributed by atoms with Gasteiger partial charge < -0.3 is 15.5 Å². The third-order valence-corrected chi connectivity index (χ3v) is 5.07. The summed E-state index contributed by atoms with van der Waals surface area (Å²) < 4.78 is 1.71. The van der Waals surface area contributed by atoms with E-state index in [1.807, 2.05) is 19.2 Å². The number of hydrogen-bond acceptors (Lipinski definition) is 4. The van der Waals surface area contributed by atoms with Crippen LogP contribution < -0.4 is 15.5 Å². The molecule has 2 N–H and O–H groups in total. The van der Waals surface area contributed by atoms with Gasteiger partial charge in [-0.1, -0.05) is 19.9 Å². The van der Waals surface area contributed by atoms with E-state index in [1.54, 1.807) is 4.68 Å². The molecule has 1 atom stereocenters. The van der Waals surface area contributed by atoms with Crippen molar-refractivity contribution in [2.75, 3.05) is 23.3 Å². The summed E-state index contributed by atoms with van der Waals surface area (Å²) in [4.78, 5) is 19.4. The Hall–Kier alpha value is -2.57. The van der Waals surface area contributed by atoms with Crippen molar-refractivity contribution in [2.24, 2.45) is 13.0 Å². The fourth-order valence-electron chi connectivity index (χ4n) is 3.70. The molecule has 1 saturated heterocycles. The lowest BCUT2D eigenvalue weighted by Gasteiger charge is -2.23. The van der Waals surface area contributed by atoms with Crippen LogP contribution in [0.1, 0.15) is 50.5 Å². The predicted molar refractivity (Wildman–Crippen MR) is 108 cm³/mol. The lowest BCUT2D eigenvalue weighted by Crippen LogP contribution is -2.35. The number of amides is 2. The van der Waals surface area contributed by atoms with Crippen LogP contribution in [0.2, 0.25) is 0 Å². The van der Waals surface area contributed by atoms with Gasteiger partial charge in [-0.25, -0.2) is 9.78 Å². The summed E-state index contributed by atoms with van der Waals surface area (Å²) in [5, 5.41) is 10.2. The molecule has 146 valence electrons. The van der Waals surface area contributed by atoms with Crippen molar-refractivity contribution in [3.05, 3.63) is 35.9 Å². The molecule has 0 radical (unpaired) electrons. The summed E-state index contributed by atoms with van der Waals surface area (Å²) in [6, 6.07) is 5.69. The molecule has 7 nitrogen and oxygen atoms in total. The molecule has 1 fully saturated rings. The molecule has 0 spiro atoms. The first-order chi connectivity index (χ1) is 13.0. The van der Waals surface area contributed by atoms with Gasteiger partial charge in [0.2, 0.25) is 0 Å². The van der Waals surface area contributed by atoms with Crippen LogP contribution in [0, 0.1) is 12.8 Å². The van der Waals surface area contributed by atoms with Crippen molar-refractivity contribution in [1.82, 2.24) is 20.1 Å². The van der Waals surface area contributed by atoms with Crippen LogP contribution >= 0.6 is 0 Å². The predicted octanol–water partition coefficient (Wildman–Crippen LogP) is 3.63. The molecule has 0 aliphatic carbocycles. The Balaban J connectivity index is 1.72. The van der Waals surface area contributed by atoms with Crippen LogP contribution in [0.25, 0.3) is 0 Å². The maximum absolute atomic E-state index is 12.7. The minimum Gasteiger partial charge on any atom is -0.371 e. The van der Waals surface area contributed by atoms with Gasteiger partial charge in [-0.15, -0.1) is 0 Å². The van der Waals surface area contributed by atoms with Gasteiger partial charge in [0.1, 0.15) is 12.2 Å². The monoisotopic (exact) mass is 370 g/mol. The van der Waals surface area contributed by atoms with E-state index in [1.165, 1.54) is 24.9 Å². The molecule has 1 aromatic heterocycles. The summed E-state index contributed by atoms with van der Waals surface area (Å²) in [5.74, 6) is 1.19. The highest BCUT2D eigenvalue weighted by molar-refractivity contribution is 5.91. The van der Waals surface area contributed by atoms with E-state index in [2.05, 4.69) is 52.5 Å². The van der Waals surface area contributed by atoms with Crippen molar-refractivity contribution in [1.29, 1.82) is 0 Å². The number of anilines is 2. The zero-order chi connectivity index (χ0) is 19.4. The summed E-state index contributed by atoms with van der Waals surface area (Å²) >= 11 is 0. The highest BCUT2D eigenvalue weighted by Crippen LogP contribution is 2.29. The Morgan fingerprint density at radius 3 is 2.63 bits per heavy atom. The molecule has 2 amide bonds. The van der Waals surface area contributed by atoms with Crippen molar-refractivity contribution < 1.29 is 4.79 Å². The molecule has 1 aliphatic heterocycles. The molecule has 0 saturated carbocycles. The van der Waals surface area contributed by atoms with Gasteiger partial charge in [0.05, 0.1) is 6.04 Å². The number of carbonyl (C=O) groups is 1. The number of urea groups is 1. The summed E-state index contributed by atoms with van der Waals surface area (Å²) in [6.45, 7) is 8.50. The van der Waals surface area contributed by atoms with Crippen molar-refractivity contribution in [3.8, 4) is 0 Å². The number of aromatic nitrogens is 3. The zero-order valence-corrected chi connectivity index (χ0v) is 16.7. The molecule has 2 aromatic rings. The lowest BCUT2D eigenvalue weighted by atomic mass is 10.0. The molecule has 3 rings (SSSR count). The van der Waals surface area contributed by atoms with Gasteiger partial charge in [0, 0.05) is 31.5 Å². The molecule has 7 heteroatoms. The maximum Gasteiger partial charge on any atom is 0.319 e. The van der Waals surface area contributed by atoms with Gasteiger partial charge in [0.25, 0.3) is 0 Å². The first-order valence-electron chi connectivity index (χ1n) is 9.71. The van der Waals surface area contributed by atoms with Crippen molar-refractivity contribution in [2.45, 2.75) is 46.1 Å². The van der Waals surface area contributed by atoms with Crippen molar-refractivity contribution >= 4 is 17.4 Å². The number of benzene rings is 1. The normalized spacial score (nSPS) is 15.2. The number of hydrogen-bond donors (Lipinski definition) is 2. The minimum atomic E-state index is -0.217. The van der Waals surface area contributed by atoms with Crippen molar-refractivity contribution in [3.63, 3.8) is 0 Å². The van der Waals surface area contributed by atoms with Gasteiger partial charge in [-0.05, 0) is 49.8 Å². The molecule has 1 aliphatic rings. The number of rotatable bonds is 6. The smallest absolute Gasteiger partial charge is 0.319 e. The van der Waals surface area contributed by atoms with Gasteiger partial charge >= 0.3 is 6.03 Å². The number of nitrogens with zero attached hydrogens (tertiary/aromatic N) is 4. The second kappa shape index (κ2) is 8.41. The van der Waals surface area contributed by atoms with Crippen LogP contribution in [0.3, 0.4) is 0 Å². The summed E-state index contributed by atoms with van der Waals surface area (Å²) in [6.07, 6.45) is 4.77. The molecule has 0 unspecified atom stereocenters. The fourth-order valence-corrected chi connectivity index (χ4v) is 3.70. The van der Waals surface area contributed by atoms with E-state index in [-0.39, 0.29) is 12.1 Å². The molecule has 27 heavy (non-hydrogen) atoms. The van der Waals surface area contributed by atoms with Crippen LogP contribution in [0.5, 0.6) is 0 Å².